The zero-order valence-electron chi connectivity index (χ0n) is 33.4. The molecule has 0 aliphatic carbocycles. The van der Waals surface area contributed by atoms with Gasteiger partial charge in [-0.1, -0.05) is 90.8 Å². The molecule has 16 heteroatoms. The van der Waals surface area contributed by atoms with Gasteiger partial charge in [0.15, 0.2) is 16.6 Å². The van der Waals surface area contributed by atoms with Gasteiger partial charge in [-0.25, -0.2) is 0 Å². The molecule has 0 fully saturated rings. The highest BCUT2D eigenvalue weighted by molar-refractivity contribution is 8.76. The molecule has 0 saturated heterocycles. The first-order valence-electron chi connectivity index (χ1n) is 17.5. The van der Waals surface area contributed by atoms with Crippen LogP contribution in [0.5, 0.6) is 0 Å². The van der Waals surface area contributed by atoms with E-state index in [1.807, 2.05) is 0 Å². The molecule has 0 aromatic rings. The lowest BCUT2D eigenvalue weighted by Gasteiger charge is -2.40. The molecule has 0 bridgehead atoms. The molecule has 0 radical (unpaired) electrons. The van der Waals surface area contributed by atoms with Gasteiger partial charge in [-0.3, -0.25) is 19.2 Å². The molecule has 2 atom stereocenters. The number of aliphatic hydroxyl groups excluding tert-OH is 2. The van der Waals surface area contributed by atoms with Crippen molar-refractivity contribution in [1.29, 1.82) is 0 Å². The predicted molar refractivity (Wildman–Crippen MR) is 212 cm³/mol. The number of aliphatic hydroxyl groups is 2. The first kappa shape index (κ1) is 48.9. The van der Waals surface area contributed by atoms with Crippen LogP contribution in [0.3, 0.4) is 0 Å². The van der Waals surface area contributed by atoms with Gasteiger partial charge in [0.2, 0.25) is 23.6 Å². The number of nitrogens with one attached hydrogen (secondary N) is 4. The quantitative estimate of drug-likeness (QED) is 0.0495. The smallest absolute Gasteiger partial charge is 0.249 e. The number of hydrogen-bond donors (Lipinski definition) is 6. The largest absolute Gasteiger partial charge is 0.416 e. The van der Waals surface area contributed by atoms with Crippen molar-refractivity contribution < 1.29 is 38.2 Å². The lowest BCUT2D eigenvalue weighted by Crippen LogP contribution is -2.50. The van der Waals surface area contributed by atoms with Crippen molar-refractivity contribution in [3.63, 3.8) is 0 Å². The van der Waals surface area contributed by atoms with E-state index in [0.717, 1.165) is 0 Å². The van der Waals surface area contributed by atoms with Gasteiger partial charge in [-0.15, -0.1) is 0 Å². The summed E-state index contributed by atoms with van der Waals surface area (Å²) in [5, 5.41) is 32.2. The minimum Gasteiger partial charge on any atom is -0.416 e. The summed E-state index contributed by atoms with van der Waals surface area (Å²) in [5.41, 5.74) is -1.56. The first-order chi connectivity index (χ1) is 22.6. The molecule has 0 saturated carbocycles. The Labute approximate surface area is 312 Å². The molecule has 0 rings (SSSR count). The third-order valence-electron chi connectivity index (χ3n) is 9.60. The van der Waals surface area contributed by atoms with Crippen LogP contribution in [0.25, 0.3) is 0 Å². The Morgan fingerprint density at radius 2 is 0.860 bits per heavy atom. The zero-order chi connectivity index (χ0) is 39.2. The van der Waals surface area contributed by atoms with E-state index in [1.165, 1.54) is 0 Å². The maximum absolute atomic E-state index is 12.5. The Hall–Kier alpha value is -1.15. The number of rotatable bonds is 23. The Morgan fingerprint density at radius 1 is 0.560 bits per heavy atom. The lowest BCUT2D eigenvalue weighted by molar-refractivity contribution is -0.137. The number of hydrogen-bond acceptors (Lipinski definition) is 10. The van der Waals surface area contributed by atoms with Gasteiger partial charge < -0.3 is 40.3 Å². The van der Waals surface area contributed by atoms with Crippen LogP contribution < -0.4 is 21.3 Å². The molecular weight excluding hydrogens is 713 g/mol. The molecule has 294 valence electrons. The highest BCUT2D eigenvalue weighted by Crippen LogP contribution is 2.39. The number of carbonyl (C=O) groups excluding carboxylic acids is 4. The molecule has 0 aromatic heterocycles. The van der Waals surface area contributed by atoms with Gasteiger partial charge in [0.05, 0.1) is 0 Å². The van der Waals surface area contributed by atoms with Crippen molar-refractivity contribution in [3.8, 4) is 0 Å². The molecular formula is C34H70N4O8S2Si2. The SMILES string of the molecule is CC(C)(CO[Si](C)(C)C(C)(C)C)C(O)C(=O)NCCC(=O)NCCSSCCNC(=O)CCNC(=O)C(O)C(C)(C)CO[Si](C)(C)C(C)(C)C. The van der Waals surface area contributed by atoms with Crippen LogP contribution in [0.1, 0.15) is 82.1 Å². The van der Waals surface area contributed by atoms with Crippen molar-refractivity contribution >= 4 is 61.9 Å². The molecule has 6 N–H and O–H groups in total. The average molecular weight is 783 g/mol. The minimum atomic E-state index is -2.03. The molecule has 0 aliphatic rings. The van der Waals surface area contributed by atoms with Gasteiger partial charge in [0.1, 0.15) is 12.2 Å². The fourth-order valence-electron chi connectivity index (χ4n) is 3.58. The third-order valence-corrected chi connectivity index (χ3v) is 21.0. The molecule has 50 heavy (non-hydrogen) atoms. The fourth-order valence-corrected chi connectivity index (χ4v) is 7.73. The molecule has 0 spiro atoms. The molecule has 4 amide bonds. The summed E-state index contributed by atoms with van der Waals surface area (Å²) < 4.78 is 12.4. The zero-order valence-corrected chi connectivity index (χ0v) is 37.0. The van der Waals surface area contributed by atoms with E-state index in [4.69, 9.17) is 8.85 Å². The second-order valence-electron chi connectivity index (χ2n) is 17.3. The molecule has 0 heterocycles. The lowest BCUT2D eigenvalue weighted by atomic mass is 9.87. The summed E-state index contributed by atoms with van der Waals surface area (Å²) in [4.78, 5) is 49.4. The van der Waals surface area contributed by atoms with Crippen molar-refractivity contribution in [2.75, 3.05) is 50.9 Å². The standard InChI is InChI=1S/C34H70N4O8S2Si2/c1-31(2,3)49(11,12)45-23-33(7,8)27(41)29(43)37-17-15-25(39)35-19-21-47-48-22-20-36-26(40)16-18-38-30(44)28(42)34(9,10)24-46-50(13,14)32(4,5)6/h27-28,41-42H,15-24H2,1-14H3,(H,35,39)(H,36,40)(H,37,43)(H,38,44). The second kappa shape index (κ2) is 20.9. The van der Waals surface area contributed by atoms with E-state index in [-0.39, 0.29) is 61.0 Å². The van der Waals surface area contributed by atoms with E-state index in [9.17, 15) is 29.4 Å². The van der Waals surface area contributed by atoms with E-state index >= 15 is 0 Å². The number of amides is 4. The van der Waals surface area contributed by atoms with Crippen LogP contribution in [-0.2, 0) is 28.0 Å². The van der Waals surface area contributed by atoms with Gasteiger partial charge in [-0.05, 0) is 36.3 Å². The molecule has 2 unspecified atom stereocenters. The fraction of sp³-hybridized carbons (Fsp3) is 0.882. The maximum atomic E-state index is 12.5. The van der Waals surface area contributed by atoms with Gasteiger partial charge in [0, 0.05) is 74.6 Å². The highest BCUT2D eigenvalue weighted by atomic mass is 33.1. The first-order valence-corrected chi connectivity index (χ1v) is 25.9. The van der Waals surface area contributed by atoms with Gasteiger partial charge in [0.25, 0.3) is 0 Å². The molecule has 0 aliphatic heterocycles. The van der Waals surface area contributed by atoms with Crippen LogP contribution >= 0.6 is 21.6 Å². The summed E-state index contributed by atoms with van der Waals surface area (Å²) in [6.45, 7) is 30.2. The van der Waals surface area contributed by atoms with Crippen LogP contribution in [-0.4, -0.2) is 114 Å². The van der Waals surface area contributed by atoms with E-state index in [1.54, 1.807) is 49.3 Å². The molecule has 0 aromatic carbocycles. The van der Waals surface area contributed by atoms with Crippen molar-refractivity contribution in [2.24, 2.45) is 10.8 Å². The normalized spacial score (nSPS) is 14.5. The van der Waals surface area contributed by atoms with Crippen LogP contribution in [0.15, 0.2) is 0 Å². The Balaban J connectivity index is 4.11. The van der Waals surface area contributed by atoms with Crippen molar-refractivity contribution in [1.82, 2.24) is 21.3 Å². The monoisotopic (exact) mass is 782 g/mol. The second-order valence-corrected chi connectivity index (χ2v) is 29.6. The summed E-state index contributed by atoms with van der Waals surface area (Å²) in [7, 11) is -0.913. The maximum Gasteiger partial charge on any atom is 0.249 e. The summed E-state index contributed by atoms with van der Waals surface area (Å²) in [6, 6.07) is 0. The van der Waals surface area contributed by atoms with Crippen molar-refractivity contribution in [2.45, 2.75) is 131 Å². The van der Waals surface area contributed by atoms with Crippen LogP contribution in [0.4, 0.5) is 0 Å². The summed E-state index contributed by atoms with van der Waals surface area (Å²) in [5.74, 6) is -0.0903. The number of carbonyl (C=O) groups is 4. The van der Waals surface area contributed by atoms with Crippen LogP contribution in [0.2, 0.25) is 36.3 Å². The Morgan fingerprint density at radius 3 is 1.14 bits per heavy atom. The Kier molecular flexibility index (Phi) is 20.4. The average Bonchev–Trinajstić information content (AvgIpc) is 2.98. The van der Waals surface area contributed by atoms with Crippen LogP contribution in [0, 0.1) is 10.8 Å². The Bertz CT molecular complexity index is 1010. The minimum absolute atomic E-state index is 0.0217. The highest BCUT2D eigenvalue weighted by Gasteiger charge is 2.42. The molecule has 12 nitrogen and oxygen atoms in total. The predicted octanol–water partition coefficient (Wildman–Crippen LogP) is 4.43. The third kappa shape index (κ3) is 18.1. The summed E-state index contributed by atoms with van der Waals surface area (Å²) >= 11 is 0. The van der Waals surface area contributed by atoms with Gasteiger partial charge in [-0.2, -0.15) is 0 Å². The van der Waals surface area contributed by atoms with Crippen molar-refractivity contribution in [3.05, 3.63) is 0 Å². The van der Waals surface area contributed by atoms with E-state index in [2.05, 4.69) is 89.0 Å². The topological polar surface area (TPSA) is 175 Å². The summed E-state index contributed by atoms with van der Waals surface area (Å²) in [6.07, 6.45) is -2.31. The van der Waals surface area contributed by atoms with Gasteiger partial charge >= 0.3 is 0 Å². The van der Waals surface area contributed by atoms with E-state index < -0.39 is 51.5 Å². The van der Waals surface area contributed by atoms with E-state index in [0.29, 0.717) is 24.6 Å².